The minimum Gasteiger partial charge on any atom is -0.354 e. The molecule has 0 saturated carbocycles. The fourth-order valence-corrected chi connectivity index (χ4v) is 4.38. The predicted molar refractivity (Wildman–Crippen MR) is 121 cm³/mol. The van der Waals surface area contributed by atoms with Crippen LogP contribution >= 0.6 is 27.7 Å². The van der Waals surface area contributed by atoms with Crippen molar-refractivity contribution in [2.45, 2.75) is 29.3 Å². The summed E-state index contributed by atoms with van der Waals surface area (Å²) in [5.41, 5.74) is 0.864. The van der Waals surface area contributed by atoms with Crippen LogP contribution in [0.4, 0.5) is 5.82 Å². The lowest BCUT2D eigenvalue weighted by Gasteiger charge is -2.32. The lowest BCUT2D eigenvalue weighted by Crippen LogP contribution is -2.43. The van der Waals surface area contributed by atoms with Crippen LogP contribution in [-0.2, 0) is 11.3 Å². The van der Waals surface area contributed by atoms with Crippen LogP contribution in [0.3, 0.4) is 0 Å². The molecule has 30 heavy (non-hydrogen) atoms. The minimum absolute atomic E-state index is 0.0546. The molecule has 1 atom stereocenters. The molecule has 1 saturated heterocycles. The first-order valence-corrected chi connectivity index (χ1v) is 11.5. The van der Waals surface area contributed by atoms with Gasteiger partial charge in [-0.05, 0) is 61.4 Å². The molecule has 154 valence electrons. The smallest absolute Gasteiger partial charge is 0.225 e. The summed E-state index contributed by atoms with van der Waals surface area (Å²) in [7, 11) is 0. The van der Waals surface area contributed by atoms with Crippen LogP contribution in [0.2, 0.25) is 0 Å². The van der Waals surface area contributed by atoms with Crippen molar-refractivity contribution in [3.05, 3.63) is 71.0 Å². The van der Waals surface area contributed by atoms with Crippen LogP contribution in [0.25, 0.3) is 0 Å². The van der Waals surface area contributed by atoms with E-state index in [0.29, 0.717) is 13.1 Å². The third-order valence-corrected chi connectivity index (χ3v) is 6.41. The van der Waals surface area contributed by atoms with Gasteiger partial charge in [0.25, 0.3) is 0 Å². The van der Waals surface area contributed by atoms with E-state index in [1.165, 1.54) is 0 Å². The van der Waals surface area contributed by atoms with Crippen LogP contribution in [0, 0.1) is 5.92 Å². The number of nitrogens with zero attached hydrogens (tertiary/aromatic N) is 4. The Hall–Kier alpha value is -2.45. The van der Waals surface area contributed by atoms with Gasteiger partial charge in [0.1, 0.15) is 5.03 Å². The van der Waals surface area contributed by atoms with Crippen LogP contribution < -0.4 is 10.2 Å². The molecule has 1 fully saturated rings. The van der Waals surface area contributed by atoms with Gasteiger partial charge in [0.2, 0.25) is 5.91 Å². The van der Waals surface area contributed by atoms with Gasteiger partial charge in [-0.15, -0.1) is 10.2 Å². The SMILES string of the molecule is O=C(NCc1ccccn1)[C@H]1CCCN(c2ccc(Sc3ccc(Br)cc3)nn2)C1. The third-order valence-electron chi connectivity index (χ3n) is 4.95. The Morgan fingerprint density at radius 3 is 2.73 bits per heavy atom. The molecule has 1 amide bonds. The lowest BCUT2D eigenvalue weighted by atomic mass is 9.97. The van der Waals surface area contributed by atoms with Gasteiger partial charge in [-0.1, -0.05) is 33.8 Å². The number of rotatable bonds is 6. The first-order valence-electron chi connectivity index (χ1n) is 9.87. The van der Waals surface area contributed by atoms with Crippen molar-refractivity contribution in [3.63, 3.8) is 0 Å². The Labute approximate surface area is 188 Å². The van der Waals surface area contributed by atoms with Gasteiger partial charge in [-0.25, -0.2) is 0 Å². The summed E-state index contributed by atoms with van der Waals surface area (Å²) in [5, 5.41) is 12.6. The number of piperidine rings is 1. The fourth-order valence-electron chi connectivity index (χ4n) is 3.38. The quantitative estimate of drug-likeness (QED) is 0.562. The van der Waals surface area contributed by atoms with Crippen molar-refractivity contribution in [3.8, 4) is 0 Å². The van der Waals surface area contributed by atoms with Crippen molar-refractivity contribution in [1.29, 1.82) is 0 Å². The molecule has 1 aliphatic rings. The maximum Gasteiger partial charge on any atom is 0.225 e. The highest BCUT2D eigenvalue weighted by Gasteiger charge is 2.26. The summed E-state index contributed by atoms with van der Waals surface area (Å²) >= 11 is 5.03. The largest absolute Gasteiger partial charge is 0.354 e. The van der Waals surface area contributed by atoms with E-state index in [1.54, 1.807) is 18.0 Å². The zero-order chi connectivity index (χ0) is 20.8. The van der Waals surface area contributed by atoms with Gasteiger partial charge >= 0.3 is 0 Å². The van der Waals surface area contributed by atoms with Gasteiger partial charge in [-0.2, -0.15) is 0 Å². The Morgan fingerprint density at radius 2 is 2.00 bits per heavy atom. The average molecular weight is 484 g/mol. The number of halogens is 1. The zero-order valence-electron chi connectivity index (χ0n) is 16.4. The van der Waals surface area contributed by atoms with E-state index < -0.39 is 0 Å². The number of hydrogen-bond acceptors (Lipinski definition) is 6. The number of hydrogen-bond donors (Lipinski definition) is 1. The first-order chi connectivity index (χ1) is 14.7. The molecule has 6 nitrogen and oxygen atoms in total. The molecule has 2 aromatic heterocycles. The average Bonchev–Trinajstić information content (AvgIpc) is 2.80. The number of nitrogens with one attached hydrogen (secondary N) is 1. The van der Waals surface area contributed by atoms with E-state index in [0.717, 1.165) is 45.3 Å². The maximum absolute atomic E-state index is 12.6. The number of aromatic nitrogens is 3. The summed E-state index contributed by atoms with van der Waals surface area (Å²) in [6.07, 6.45) is 3.58. The Bertz CT molecular complexity index is 969. The van der Waals surface area contributed by atoms with Crippen molar-refractivity contribution in [2.24, 2.45) is 5.92 Å². The highest BCUT2D eigenvalue weighted by Crippen LogP contribution is 2.28. The fraction of sp³-hybridized carbons (Fsp3) is 0.273. The second kappa shape index (κ2) is 10.0. The Balaban J connectivity index is 1.33. The number of benzene rings is 1. The molecule has 1 N–H and O–H groups in total. The van der Waals surface area contributed by atoms with Crippen LogP contribution in [0.1, 0.15) is 18.5 Å². The number of carbonyl (C=O) groups is 1. The lowest BCUT2D eigenvalue weighted by molar-refractivity contribution is -0.125. The van der Waals surface area contributed by atoms with Crippen molar-refractivity contribution in [1.82, 2.24) is 20.5 Å². The molecule has 1 aliphatic heterocycles. The molecule has 4 rings (SSSR count). The van der Waals surface area contributed by atoms with Crippen LogP contribution in [0.5, 0.6) is 0 Å². The van der Waals surface area contributed by atoms with E-state index in [9.17, 15) is 4.79 Å². The highest BCUT2D eigenvalue weighted by atomic mass is 79.9. The van der Waals surface area contributed by atoms with E-state index in [4.69, 9.17) is 0 Å². The summed E-state index contributed by atoms with van der Waals surface area (Å²) in [6, 6.07) is 17.8. The first kappa shape index (κ1) is 20.8. The number of amides is 1. The molecule has 0 bridgehead atoms. The molecule has 0 radical (unpaired) electrons. The topological polar surface area (TPSA) is 71.0 Å². The molecule has 1 aromatic carbocycles. The monoisotopic (exact) mass is 483 g/mol. The number of carbonyl (C=O) groups excluding carboxylic acids is 1. The normalized spacial score (nSPS) is 16.3. The minimum atomic E-state index is -0.0546. The molecular weight excluding hydrogens is 462 g/mol. The predicted octanol–water partition coefficient (Wildman–Crippen LogP) is 4.32. The van der Waals surface area contributed by atoms with E-state index in [1.807, 2.05) is 54.6 Å². The zero-order valence-corrected chi connectivity index (χ0v) is 18.8. The third kappa shape index (κ3) is 5.58. The second-order valence-electron chi connectivity index (χ2n) is 7.11. The standard InChI is InChI=1S/C22H22BrN5OS/c23-17-6-8-19(9-7-17)30-21-11-10-20(26-27-21)28-13-3-4-16(15-28)22(29)25-14-18-5-1-2-12-24-18/h1-2,5-12,16H,3-4,13-15H2,(H,25,29)/t16-/m0/s1. The van der Waals surface area contributed by atoms with Gasteiger partial charge in [0.05, 0.1) is 18.2 Å². The summed E-state index contributed by atoms with van der Waals surface area (Å²) in [6.45, 7) is 2.00. The Morgan fingerprint density at radius 1 is 1.13 bits per heavy atom. The molecule has 8 heteroatoms. The van der Waals surface area contributed by atoms with Crippen molar-refractivity contribution < 1.29 is 4.79 Å². The summed E-state index contributed by atoms with van der Waals surface area (Å²) < 4.78 is 1.05. The van der Waals surface area contributed by atoms with Crippen LogP contribution in [-0.4, -0.2) is 34.2 Å². The maximum atomic E-state index is 12.6. The van der Waals surface area contributed by atoms with Gasteiger partial charge in [0.15, 0.2) is 5.82 Å². The van der Waals surface area contributed by atoms with Gasteiger partial charge in [0, 0.05) is 28.7 Å². The van der Waals surface area contributed by atoms with Crippen molar-refractivity contribution in [2.75, 3.05) is 18.0 Å². The molecule has 3 heterocycles. The van der Waals surface area contributed by atoms with Crippen molar-refractivity contribution >= 4 is 39.4 Å². The summed E-state index contributed by atoms with van der Waals surface area (Å²) in [5.74, 6) is 0.833. The number of anilines is 1. The summed E-state index contributed by atoms with van der Waals surface area (Å²) in [4.78, 5) is 20.1. The second-order valence-corrected chi connectivity index (χ2v) is 9.12. The Kier molecular flexibility index (Phi) is 6.96. The molecule has 0 spiro atoms. The molecule has 3 aromatic rings. The highest BCUT2D eigenvalue weighted by molar-refractivity contribution is 9.10. The van der Waals surface area contributed by atoms with E-state index in [-0.39, 0.29) is 11.8 Å². The van der Waals surface area contributed by atoms with E-state index in [2.05, 4.69) is 41.3 Å². The van der Waals surface area contributed by atoms with Gasteiger partial charge in [-0.3, -0.25) is 9.78 Å². The van der Waals surface area contributed by atoms with Crippen LogP contribution in [0.15, 0.2) is 75.2 Å². The number of pyridine rings is 1. The van der Waals surface area contributed by atoms with E-state index >= 15 is 0 Å². The molecular formula is C22H22BrN5OS. The van der Waals surface area contributed by atoms with Gasteiger partial charge < -0.3 is 10.2 Å². The molecule has 0 unspecified atom stereocenters. The molecule has 0 aliphatic carbocycles.